The molecule has 0 atom stereocenters. The molecule has 2 amide bonds. The number of amides is 2. The van der Waals surface area contributed by atoms with Crippen molar-refractivity contribution in [3.05, 3.63) is 29.8 Å². The molecule has 1 aromatic rings. The summed E-state index contributed by atoms with van der Waals surface area (Å²) in [5.41, 5.74) is -0.693. The lowest BCUT2D eigenvalue weighted by Crippen LogP contribution is -2.57. The maximum absolute atomic E-state index is 13.3. The number of aliphatic hydroxyl groups excluding tert-OH is 1. The predicted octanol–water partition coefficient (Wildman–Crippen LogP) is 2.00. The van der Waals surface area contributed by atoms with Crippen molar-refractivity contribution in [3.8, 4) is 0 Å². The second kappa shape index (κ2) is 4.89. The lowest BCUT2D eigenvalue weighted by atomic mass is 9.77. The number of carbonyl (C=O) groups is 1. The molecule has 1 aliphatic rings. The van der Waals surface area contributed by atoms with Gasteiger partial charge in [-0.3, -0.25) is 0 Å². The van der Waals surface area contributed by atoms with Crippen molar-refractivity contribution >= 4 is 11.7 Å². The Hall–Kier alpha value is -1.69. The standard InChI is InChI=1S/C12H14F2N2O2/c13-8-2-3-10(9(14)6-8)15-11(18)16-12(7-17)4-1-5-12/h2-3,6,17H,1,4-5,7H2,(H2,15,16,18). The molecule has 0 aliphatic heterocycles. The molecule has 0 heterocycles. The van der Waals surface area contributed by atoms with Crippen molar-refractivity contribution in [3.63, 3.8) is 0 Å². The smallest absolute Gasteiger partial charge is 0.319 e. The number of anilines is 1. The maximum Gasteiger partial charge on any atom is 0.319 e. The average molecular weight is 256 g/mol. The van der Waals surface area contributed by atoms with Gasteiger partial charge in [-0.2, -0.15) is 0 Å². The third kappa shape index (κ3) is 2.59. The monoisotopic (exact) mass is 256 g/mol. The van der Waals surface area contributed by atoms with E-state index >= 15 is 0 Å². The number of hydrogen-bond donors (Lipinski definition) is 3. The minimum atomic E-state index is -0.836. The van der Waals surface area contributed by atoms with E-state index in [-0.39, 0.29) is 12.3 Å². The van der Waals surface area contributed by atoms with Crippen LogP contribution in [0, 0.1) is 11.6 Å². The molecule has 1 aromatic carbocycles. The summed E-state index contributed by atoms with van der Waals surface area (Å²) >= 11 is 0. The van der Waals surface area contributed by atoms with Crippen LogP contribution < -0.4 is 10.6 Å². The third-order valence-electron chi connectivity index (χ3n) is 3.17. The first-order chi connectivity index (χ1) is 8.54. The molecule has 0 aromatic heterocycles. The van der Waals surface area contributed by atoms with Crippen molar-refractivity contribution in [1.82, 2.24) is 5.32 Å². The molecule has 0 radical (unpaired) electrons. The molecule has 6 heteroatoms. The molecule has 18 heavy (non-hydrogen) atoms. The molecule has 0 unspecified atom stereocenters. The van der Waals surface area contributed by atoms with Crippen LogP contribution in [0.1, 0.15) is 19.3 Å². The van der Waals surface area contributed by atoms with Crippen LogP contribution in [-0.4, -0.2) is 23.3 Å². The summed E-state index contributed by atoms with van der Waals surface area (Å²) in [6.45, 7) is -0.147. The molecular weight excluding hydrogens is 242 g/mol. The van der Waals surface area contributed by atoms with E-state index in [1.165, 1.54) is 0 Å². The minimum absolute atomic E-state index is 0.0960. The van der Waals surface area contributed by atoms with E-state index in [0.717, 1.165) is 18.6 Å². The van der Waals surface area contributed by atoms with Gasteiger partial charge in [0.05, 0.1) is 17.8 Å². The van der Waals surface area contributed by atoms with Crippen LogP contribution in [0.5, 0.6) is 0 Å². The van der Waals surface area contributed by atoms with Crippen molar-refractivity contribution in [2.45, 2.75) is 24.8 Å². The highest BCUT2D eigenvalue weighted by molar-refractivity contribution is 5.90. The fourth-order valence-corrected chi connectivity index (χ4v) is 1.91. The van der Waals surface area contributed by atoms with E-state index in [0.29, 0.717) is 18.9 Å². The molecule has 1 saturated carbocycles. The van der Waals surface area contributed by atoms with Gasteiger partial charge in [0.2, 0.25) is 0 Å². The molecule has 4 nitrogen and oxygen atoms in total. The van der Waals surface area contributed by atoms with Gasteiger partial charge in [-0.25, -0.2) is 13.6 Å². The summed E-state index contributed by atoms with van der Waals surface area (Å²) in [5.74, 6) is -1.54. The lowest BCUT2D eigenvalue weighted by Gasteiger charge is -2.40. The topological polar surface area (TPSA) is 61.4 Å². The van der Waals surface area contributed by atoms with Crippen LogP contribution in [0.3, 0.4) is 0 Å². The Morgan fingerprint density at radius 1 is 1.39 bits per heavy atom. The number of benzene rings is 1. The summed E-state index contributed by atoms with van der Waals surface area (Å²) in [4.78, 5) is 11.6. The van der Waals surface area contributed by atoms with Crippen LogP contribution in [-0.2, 0) is 0 Å². The van der Waals surface area contributed by atoms with Gasteiger partial charge in [-0.1, -0.05) is 0 Å². The zero-order chi connectivity index (χ0) is 13.2. The van der Waals surface area contributed by atoms with Gasteiger partial charge in [0.15, 0.2) is 0 Å². The second-order valence-electron chi connectivity index (χ2n) is 4.50. The normalized spacial score (nSPS) is 16.8. The number of nitrogens with one attached hydrogen (secondary N) is 2. The molecular formula is C12H14F2N2O2. The Morgan fingerprint density at radius 2 is 2.11 bits per heavy atom. The zero-order valence-corrected chi connectivity index (χ0v) is 9.67. The van der Waals surface area contributed by atoms with Crippen LogP contribution in [0.2, 0.25) is 0 Å². The molecule has 0 bridgehead atoms. The fraction of sp³-hybridized carbons (Fsp3) is 0.417. The highest BCUT2D eigenvalue weighted by Crippen LogP contribution is 2.31. The van der Waals surface area contributed by atoms with E-state index < -0.39 is 23.2 Å². The Balaban J connectivity index is 1.98. The first-order valence-corrected chi connectivity index (χ1v) is 5.70. The Labute approximate surface area is 103 Å². The average Bonchev–Trinajstić information content (AvgIpc) is 2.27. The van der Waals surface area contributed by atoms with Crippen LogP contribution >= 0.6 is 0 Å². The second-order valence-corrected chi connectivity index (χ2v) is 4.50. The number of aliphatic hydroxyl groups is 1. The van der Waals surface area contributed by atoms with E-state index in [1.54, 1.807) is 0 Å². The van der Waals surface area contributed by atoms with Gasteiger partial charge >= 0.3 is 6.03 Å². The van der Waals surface area contributed by atoms with Crippen molar-refractivity contribution < 1.29 is 18.7 Å². The summed E-state index contributed by atoms with van der Waals surface area (Å²) in [5, 5.41) is 14.1. The fourth-order valence-electron chi connectivity index (χ4n) is 1.91. The number of halogens is 2. The molecule has 2 rings (SSSR count). The first-order valence-electron chi connectivity index (χ1n) is 5.70. The van der Waals surface area contributed by atoms with Gasteiger partial charge in [0, 0.05) is 6.07 Å². The van der Waals surface area contributed by atoms with Crippen molar-refractivity contribution in [2.75, 3.05) is 11.9 Å². The minimum Gasteiger partial charge on any atom is -0.394 e. The van der Waals surface area contributed by atoms with Gasteiger partial charge in [0.1, 0.15) is 11.6 Å². The largest absolute Gasteiger partial charge is 0.394 e. The Kier molecular flexibility index (Phi) is 3.47. The zero-order valence-electron chi connectivity index (χ0n) is 9.67. The van der Waals surface area contributed by atoms with Gasteiger partial charge in [-0.05, 0) is 31.4 Å². The molecule has 1 fully saturated rings. The number of urea groups is 1. The van der Waals surface area contributed by atoms with Gasteiger partial charge in [0.25, 0.3) is 0 Å². The summed E-state index contributed by atoms with van der Waals surface area (Å²) in [7, 11) is 0. The van der Waals surface area contributed by atoms with Crippen LogP contribution in [0.4, 0.5) is 19.3 Å². The lowest BCUT2D eigenvalue weighted by molar-refractivity contribution is 0.0983. The molecule has 3 N–H and O–H groups in total. The van der Waals surface area contributed by atoms with Crippen molar-refractivity contribution in [2.24, 2.45) is 0 Å². The molecule has 0 spiro atoms. The molecule has 98 valence electrons. The number of carbonyl (C=O) groups excluding carboxylic acids is 1. The maximum atomic E-state index is 13.3. The summed E-state index contributed by atoms with van der Waals surface area (Å²) < 4.78 is 26.0. The molecule has 1 aliphatic carbocycles. The Morgan fingerprint density at radius 3 is 2.61 bits per heavy atom. The van der Waals surface area contributed by atoms with E-state index in [2.05, 4.69) is 10.6 Å². The first kappa shape index (κ1) is 12.8. The number of rotatable bonds is 3. The van der Waals surface area contributed by atoms with Crippen LogP contribution in [0.15, 0.2) is 18.2 Å². The quantitative estimate of drug-likeness (QED) is 0.774. The van der Waals surface area contributed by atoms with E-state index in [9.17, 15) is 18.7 Å². The van der Waals surface area contributed by atoms with Gasteiger partial charge in [-0.15, -0.1) is 0 Å². The predicted molar refractivity (Wildman–Crippen MR) is 62.2 cm³/mol. The van der Waals surface area contributed by atoms with Gasteiger partial charge < -0.3 is 15.7 Å². The summed E-state index contributed by atoms with van der Waals surface area (Å²) in [6.07, 6.45) is 2.33. The Bertz CT molecular complexity index is 456. The SMILES string of the molecule is O=C(Nc1ccc(F)cc1F)NC1(CO)CCC1. The van der Waals surface area contributed by atoms with E-state index in [1.807, 2.05) is 0 Å². The number of hydrogen-bond acceptors (Lipinski definition) is 2. The van der Waals surface area contributed by atoms with E-state index in [4.69, 9.17) is 0 Å². The van der Waals surface area contributed by atoms with Crippen LogP contribution in [0.25, 0.3) is 0 Å². The highest BCUT2D eigenvalue weighted by atomic mass is 19.1. The van der Waals surface area contributed by atoms with Crippen molar-refractivity contribution in [1.29, 1.82) is 0 Å². The highest BCUT2D eigenvalue weighted by Gasteiger charge is 2.37. The third-order valence-corrected chi connectivity index (χ3v) is 3.17. The molecule has 0 saturated heterocycles. The summed E-state index contributed by atoms with van der Waals surface area (Å²) in [6, 6.07) is 2.30.